The number of esters is 1. The Morgan fingerprint density at radius 3 is 2.65 bits per heavy atom. The SMILES string of the molecule is CCOC(=O)C(C)C1CC2CC(c3ccnc4ccc(F)cc34)C[C@@H]2C1. The molecule has 2 fully saturated rings. The summed E-state index contributed by atoms with van der Waals surface area (Å²) in [4.78, 5) is 16.4. The fraction of sp³-hybridized carbons (Fsp3) is 0.545. The molecular formula is C22H26FNO2. The molecule has 0 radical (unpaired) electrons. The number of carbonyl (C=O) groups excluding carboxylic acids is 1. The van der Waals surface area contributed by atoms with Crippen LogP contribution in [0.15, 0.2) is 30.5 Å². The fourth-order valence-electron chi connectivity index (χ4n) is 5.29. The minimum absolute atomic E-state index is 0.00477. The molecule has 4 rings (SSSR count). The van der Waals surface area contributed by atoms with Crippen LogP contribution in [0.5, 0.6) is 0 Å². The maximum atomic E-state index is 13.7. The van der Waals surface area contributed by atoms with E-state index in [-0.39, 0.29) is 17.7 Å². The zero-order chi connectivity index (χ0) is 18.3. The van der Waals surface area contributed by atoms with Crippen molar-refractivity contribution in [2.45, 2.75) is 45.4 Å². The van der Waals surface area contributed by atoms with Gasteiger partial charge in [0.05, 0.1) is 18.0 Å². The molecule has 0 spiro atoms. The fourth-order valence-corrected chi connectivity index (χ4v) is 5.29. The molecule has 2 aliphatic carbocycles. The second kappa shape index (κ2) is 6.98. The molecule has 4 heteroatoms. The third kappa shape index (κ3) is 3.10. The Balaban J connectivity index is 1.49. The number of halogens is 1. The van der Waals surface area contributed by atoms with Gasteiger partial charge >= 0.3 is 5.97 Å². The summed E-state index contributed by atoms with van der Waals surface area (Å²) in [6, 6.07) is 6.93. The standard InChI is InChI=1S/C22H26FNO2/c1-3-26-22(25)13(2)14-8-15-10-17(11-16(15)9-14)19-6-7-24-21-5-4-18(23)12-20(19)21/h4-7,12-17H,3,8-11H2,1-2H3/t13?,14?,15-,16?,17?/m0/s1. The normalized spacial score (nSPS) is 28.9. The average Bonchev–Trinajstić information content (AvgIpc) is 3.19. The number of hydrogen-bond acceptors (Lipinski definition) is 3. The number of benzene rings is 1. The van der Waals surface area contributed by atoms with Crippen molar-refractivity contribution >= 4 is 16.9 Å². The number of carbonyl (C=O) groups is 1. The molecule has 0 amide bonds. The summed E-state index contributed by atoms with van der Waals surface area (Å²) in [5, 5.41) is 0.953. The van der Waals surface area contributed by atoms with Crippen LogP contribution >= 0.6 is 0 Å². The molecule has 5 atom stereocenters. The maximum Gasteiger partial charge on any atom is 0.308 e. The first-order valence-corrected chi connectivity index (χ1v) is 9.77. The van der Waals surface area contributed by atoms with Crippen LogP contribution in [-0.2, 0) is 9.53 Å². The van der Waals surface area contributed by atoms with Gasteiger partial charge in [0.2, 0.25) is 0 Å². The summed E-state index contributed by atoms with van der Waals surface area (Å²) in [6.45, 7) is 4.33. The minimum Gasteiger partial charge on any atom is -0.466 e. The number of fused-ring (bicyclic) bond motifs is 2. The predicted molar refractivity (Wildman–Crippen MR) is 99.2 cm³/mol. The molecule has 2 saturated carbocycles. The number of hydrogen-bond donors (Lipinski definition) is 0. The van der Waals surface area contributed by atoms with E-state index < -0.39 is 0 Å². The van der Waals surface area contributed by atoms with Crippen LogP contribution in [0, 0.1) is 29.5 Å². The molecule has 4 unspecified atom stereocenters. The Bertz CT molecular complexity index is 807. The molecule has 0 N–H and O–H groups in total. The van der Waals surface area contributed by atoms with Gasteiger partial charge in [-0.25, -0.2) is 4.39 Å². The topological polar surface area (TPSA) is 39.2 Å². The molecule has 2 aliphatic rings. The molecule has 0 bridgehead atoms. The van der Waals surface area contributed by atoms with Crippen LogP contribution in [0.1, 0.15) is 51.0 Å². The number of rotatable bonds is 4. The lowest BCUT2D eigenvalue weighted by molar-refractivity contribution is -0.149. The molecule has 138 valence electrons. The number of nitrogens with zero attached hydrogens (tertiary/aromatic N) is 1. The monoisotopic (exact) mass is 355 g/mol. The summed E-state index contributed by atoms with van der Waals surface area (Å²) >= 11 is 0. The molecule has 26 heavy (non-hydrogen) atoms. The van der Waals surface area contributed by atoms with Gasteiger partial charge < -0.3 is 4.74 Å². The van der Waals surface area contributed by atoms with Gasteiger partial charge in [-0.05, 0) is 86.1 Å². The Kier molecular flexibility index (Phi) is 4.68. The van der Waals surface area contributed by atoms with Crippen molar-refractivity contribution in [3.63, 3.8) is 0 Å². The van der Waals surface area contributed by atoms with Crippen molar-refractivity contribution in [3.8, 4) is 0 Å². The van der Waals surface area contributed by atoms with E-state index in [1.807, 2.05) is 20.0 Å². The highest BCUT2D eigenvalue weighted by Crippen LogP contribution is 2.54. The highest BCUT2D eigenvalue weighted by Gasteiger charge is 2.45. The summed E-state index contributed by atoms with van der Waals surface area (Å²) in [7, 11) is 0. The maximum absolute atomic E-state index is 13.7. The smallest absolute Gasteiger partial charge is 0.308 e. The quantitative estimate of drug-likeness (QED) is 0.717. The predicted octanol–water partition coefficient (Wildman–Crippen LogP) is 5.09. The summed E-state index contributed by atoms with van der Waals surface area (Å²) in [5.74, 6) is 1.98. The van der Waals surface area contributed by atoms with Crippen LogP contribution in [0.3, 0.4) is 0 Å². The van der Waals surface area contributed by atoms with Gasteiger partial charge in [0.1, 0.15) is 5.82 Å². The molecule has 2 aromatic rings. The Morgan fingerprint density at radius 1 is 1.23 bits per heavy atom. The first-order valence-electron chi connectivity index (χ1n) is 9.77. The van der Waals surface area contributed by atoms with Crippen molar-refractivity contribution in [1.82, 2.24) is 4.98 Å². The zero-order valence-corrected chi connectivity index (χ0v) is 15.5. The van der Waals surface area contributed by atoms with Crippen LogP contribution in [0.4, 0.5) is 4.39 Å². The average molecular weight is 355 g/mol. The van der Waals surface area contributed by atoms with E-state index in [1.165, 1.54) is 11.6 Å². The van der Waals surface area contributed by atoms with Gasteiger partial charge in [-0.15, -0.1) is 0 Å². The van der Waals surface area contributed by atoms with E-state index in [2.05, 4.69) is 11.1 Å². The van der Waals surface area contributed by atoms with Crippen molar-refractivity contribution in [2.75, 3.05) is 6.61 Å². The highest BCUT2D eigenvalue weighted by molar-refractivity contribution is 5.82. The van der Waals surface area contributed by atoms with Crippen molar-refractivity contribution in [2.24, 2.45) is 23.7 Å². The molecule has 0 saturated heterocycles. The lowest BCUT2D eigenvalue weighted by Gasteiger charge is -2.20. The van der Waals surface area contributed by atoms with Crippen molar-refractivity contribution in [3.05, 3.63) is 41.8 Å². The third-order valence-corrected chi connectivity index (χ3v) is 6.59. The highest BCUT2D eigenvalue weighted by atomic mass is 19.1. The Hall–Kier alpha value is -1.97. The Labute approximate surface area is 154 Å². The Morgan fingerprint density at radius 2 is 1.96 bits per heavy atom. The van der Waals surface area contributed by atoms with E-state index in [1.54, 1.807) is 12.1 Å². The summed E-state index contributed by atoms with van der Waals surface area (Å²) in [6.07, 6.45) is 6.32. The van der Waals surface area contributed by atoms with Gasteiger partial charge in [0, 0.05) is 11.6 Å². The number of aromatic nitrogens is 1. The second-order valence-corrected chi connectivity index (χ2v) is 8.02. The molecule has 1 heterocycles. The van der Waals surface area contributed by atoms with Gasteiger partial charge in [0.25, 0.3) is 0 Å². The molecule has 3 nitrogen and oxygen atoms in total. The lowest BCUT2D eigenvalue weighted by atomic mass is 9.86. The first kappa shape index (κ1) is 17.4. The third-order valence-electron chi connectivity index (χ3n) is 6.59. The summed E-state index contributed by atoms with van der Waals surface area (Å²) in [5.41, 5.74) is 2.11. The van der Waals surface area contributed by atoms with Gasteiger partial charge in [0.15, 0.2) is 0 Å². The van der Waals surface area contributed by atoms with Crippen molar-refractivity contribution < 1.29 is 13.9 Å². The second-order valence-electron chi connectivity index (χ2n) is 8.02. The zero-order valence-electron chi connectivity index (χ0n) is 15.5. The van der Waals surface area contributed by atoms with Crippen LogP contribution in [-0.4, -0.2) is 17.6 Å². The largest absolute Gasteiger partial charge is 0.466 e. The molecule has 0 aliphatic heterocycles. The number of pyridine rings is 1. The lowest BCUT2D eigenvalue weighted by Crippen LogP contribution is -2.22. The molecule has 1 aromatic heterocycles. The van der Waals surface area contributed by atoms with E-state index in [0.29, 0.717) is 30.3 Å². The molecular weight excluding hydrogens is 329 g/mol. The molecule has 1 aromatic carbocycles. The van der Waals surface area contributed by atoms with Gasteiger partial charge in [-0.2, -0.15) is 0 Å². The first-order chi connectivity index (χ1) is 12.6. The van der Waals surface area contributed by atoms with E-state index in [4.69, 9.17) is 4.74 Å². The van der Waals surface area contributed by atoms with Crippen molar-refractivity contribution in [1.29, 1.82) is 0 Å². The summed E-state index contributed by atoms with van der Waals surface area (Å²) < 4.78 is 18.9. The van der Waals surface area contributed by atoms with E-state index in [0.717, 1.165) is 36.6 Å². The van der Waals surface area contributed by atoms with Gasteiger partial charge in [-0.1, -0.05) is 6.92 Å². The minimum atomic E-state index is -0.201. The van der Waals surface area contributed by atoms with E-state index in [9.17, 15) is 9.18 Å². The van der Waals surface area contributed by atoms with Gasteiger partial charge in [-0.3, -0.25) is 9.78 Å². The number of ether oxygens (including phenoxy) is 1. The van der Waals surface area contributed by atoms with Crippen LogP contribution in [0.2, 0.25) is 0 Å². The van der Waals surface area contributed by atoms with E-state index >= 15 is 0 Å². The van der Waals surface area contributed by atoms with Crippen LogP contribution < -0.4 is 0 Å². The van der Waals surface area contributed by atoms with Crippen LogP contribution in [0.25, 0.3) is 10.9 Å².